The molecule has 6 heteroatoms. The van der Waals surface area contributed by atoms with Crippen LogP contribution in [0.1, 0.15) is 0 Å². The van der Waals surface area contributed by atoms with Crippen LogP contribution >= 0.6 is 11.8 Å². The van der Waals surface area contributed by atoms with E-state index in [9.17, 15) is 0 Å². The van der Waals surface area contributed by atoms with Crippen molar-refractivity contribution in [1.29, 1.82) is 0 Å². The van der Waals surface area contributed by atoms with Crippen LogP contribution < -0.4 is 10.6 Å². The van der Waals surface area contributed by atoms with Crippen LogP contribution in [0.5, 0.6) is 0 Å². The number of anilines is 3. The molecule has 0 radical (unpaired) electrons. The second-order valence-electron chi connectivity index (χ2n) is 3.77. The maximum Gasteiger partial charge on any atom is 0.191 e. The van der Waals surface area contributed by atoms with Crippen molar-refractivity contribution in [3.63, 3.8) is 0 Å². The highest BCUT2D eigenvalue weighted by Gasteiger charge is 2.04. The van der Waals surface area contributed by atoms with Crippen molar-refractivity contribution in [3.05, 3.63) is 36.4 Å². The van der Waals surface area contributed by atoms with E-state index in [1.165, 1.54) is 11.8 Å². The number of para-hydroxylation sites is 1. The molecule has 1 heterocycles. The molecule has 19 heavy (non-hydrogen) atoms. The minimum absolute atomic E-state index is 0.0695. The van der Waals surface area contributed by atoms with Gasteiger partial charge in [0, 0.05) is 18.3 Å². The van der Waals surface area contributed by atoms with Gasteiger partial charge in [0.25, 0.3) is 0 Å². The molecular formula is C13H16N4OS. The van der Waals surface area contributed by atoms with Crippen molar-refractivity contribution in [1.82, 2.24) is 9.97 Å². The summed E-state index contributed by atoms with van der Waals surface area (Å²) in [6.07, 6.45) is 1.93. The fraction of sp³-hybridized carbons (Fsp3) is 0.231. The van der Waals surface area contributed by atoms with Crippen molar-refractivity contribution in [2.24, 2.45) is 0 Å². The lowest BCUT2D eigenvalue weighted by Gasteiger charge is -2.10. The Hall–Kier alpha value is -1.79. The third-order valence-electron chi connectivity index (χ3n) is 2.35. The van der Waals surface area contributed by atoms with E-state index in [4.69, 9.17) is 5.11 Å². The predicted molar refractivity (Wildman–Crippen MR) is 79.1 cm³/mol. The molecule has 0 spiro atoms. The molecule has 0 amide bonds. The zero-order chi connectivity index (χ0) is 13.5. The molecule has 3 N–H and O–H groups in total. The monoisotopic (exact) mass is 276 g/mol. The van der Waals surface area contributed by atoms with Crippen LogP contribution in [-0.2, 0) is 0 Å². The molecule has 2 aromatic rings. The number of aliphatic hydroxyl groups is 1. The van der Waals surface area contributed by atoms with Gasteiger partial charge in [-0.05, 0) is 18.4 Å². The number of nitrogens with zero attached hydrogens (tertiary/aromatic N) is 2. The fourth-order valence-corrected chi connectivity index (χ4v) is 1.90. The van der Waals surface area contributed by atoms with Crippen LogP contribution in [0, 0.1) is 0 Å². The quantitative estimate of drug-likeness (QED) is 0.556. The molecule has 0 saturated carbocycles. The van der Waals surface area contributed by atoms with Crippen LogP contribution in [0.4, 0.5) is 17.3 Å². The highest BCUT2D eigenvalue weighted by atomic mass is 32.2. The molecule has 0 aliphatic heterocycles. The van der Waals surface area contributed by atoms with Crippen molar-refractivity contribution in [2.75, 3.05) is 30.0 Å². The van der Waals surface area contributed by atoms with Gasteiger partial charge in [-0.3, -0.25) is 0 Å². The molecule has 1 aromatic carbocycles. The zero-order valence-electron chi connectivity index (χ0n) is 10.6. The molecule has 0 aliphatic rings. The second-order valence-corrected chi connectivity index (χ2v) is 4.54. The van der Waals surface area contributed by atoms with E-state index in [1.54, 1.807) is 0 Å². The van der Waals surface area contributed by atoms with Crippen molar-refractivity contribution in [3.8, 4) is 0 Å². The van der Waals surface area contributed by atoms with E-state index in [2.05, 4.69) is 20.6 Å². The average Bonchev–Trinajstić information content (AvgIpc) is 2.46. The fourth-order valence-electron chi connectivity index (χ4n) is 1.52. The van der Waals surface area contributed by atoms with E-state index in [0.717, 1.165) is 11.5 Å². The number of hydrogen-bond acceptors (Lipinski definition) is 6. The Bertz CT molecular complexity index is 521. The van der Waals surface area contributed by atoms with E-state index in [-0.39, 0.29) is 6.61 Å². The number of nitrogens with one attached hydrogen (secondary N) is 2. The third kappa shape index (κ3) is 4.11. The third-order valence-corrected chi connectivity index (χ3v) is 2.90. The Balaban J connectivity index is 2.19. The van der Waals surface area contributed by atoms with Gasteiger partial charge in [-0.15, -0.1) is 0 Å². The molecule has 100 valence electrons. The van der Waals surface area contributed by atoms with Gasteiger partial charge in [-0.25, -0.2) is 9.97 Å². The number of hydrogen-bond donors (Lipinski definition) is 3. The van der Waals surface area contributed by atoms with E-state index in [1.807, 2.05) is 42.7 Å². The Morgan fingerprint density at radius 3 is 2.58 bits per heavy atom. The second kappa shape index (κ2) is 6.96. The summed E-state index contributed by atoms with van der Waals surface area (Å²) >= 11 is 1.48. The molecule has 2 rings (SSSR count). The van der Waals surface area contributed by atoms with Gasteiger partial charge in [-0.2, -0.15) is 0 Å². The largest absolute Gasteiger partial charge is 0.395 e. The molecule has 5 nitrogen and oxygen atoms in total. The summed E-state index contributed by atoms with van der Waals surface area (Å²) in [6.45, 7) is 0.537. The first-order valence-corrected chi connectivity index (χ1v) is 7.14. The minimum atomic E-state index is 0.0695. The number of rotatable bonds is 6. The molecule has 0 atom stereocenters. The maximum absolute atomic E-state index is 8.83. The molecule has 1 aromatic heterocycles. The number of aromatic nitrogens is 2. The first-order chi connectivity index (χ1) is 9.31. The summed E-state index contributed by atoms with van der Waals surface area (Å²) in [6, 6.07) is 11.7. The standard InChI is InChI=1S/C13H16N4OS/c1-19-13-16-11(14-7-8-18)9-12(17-13)15-10-5-3-2-4-6-10/h2-6,9,18H,7-8H2,1H3,(H2,14,15,16,17). The topological polar surface area (TPSA) is 70.1 Å². The summed E-state index contributed by atoms with van der Waals surface area (Å²) < 4.78 is 0. The van der Waals surface area contributed by atoms with Crippen LogP contribution in [-0.4, -0.2) is 34.5 Å². The van der Waals surface area contributed by atoms with Gasteiger partial charge in [0.15, 0.2) is 5.16 Å². The molecule has 0 aliphatic carbocycles. The first-order valence-electron chi connectivity index (χ1n) is 5.91. The Labute approximate surface area is 116 Å². The van der Waals surface area contributed by atoms with E-state index in [0.29, 0.717) is 17.5 Å². The van der Waals surface area contributed by atoms with Gasteiger partial charge < -0.3 is 15.7 Å². The predicted octanol–water partition coefficient (Wildman–Crippen LogP) is 2.35. The van der Waals surface area contributed by atoms with Crippen LogP contribution in [0.2, 0.25) is 0 Å². The SMILES string of the molecule is CSc1nc(NCCO)cc(Nc2ccccc2)n1. The Morgan fingerprint density at radius 2 is 1.89 bits per heavy atom. The first kappa shape index (κ1) is 13.6. The minimum Gasteiger partial charge on any atom is -0.395 e. The lowest BCUT2D eigenvalue weighted by molar-refractivity contribution is 0.311. The van der Waals surface area contributed by atoms with Crippen molar-refractivity contribution in [2.45, 2.75) is 5.16 Å². The number of thioether (sulfide) groups is 1. The highest BCUT2D eigenvalue weighted by molar-refractivity contribution is 7.98. The molecular weight excluding hydrogens is 260 g/mol. The normalized spacial score (nSPS) is 10.2. The van der Waals surface area contributed by atoms with Gasteiger partial charge >= 0.3 is 0 Å². The van der Waals surface area contributed by atoms with E-state index >= 15 is 0 Å². The van der Waals surface area contributed by atoms with Crippen molar-refractivity contribution >= 4 is 29.1 Å². The summed E-state index contributed by atoms with van der Waals surface area (Å²) in [5.74, 6) is 1.43. The molecule has 0 bridgehead atoms. The molecule has 0 saturated heterocycles. The Morgan fingerprint density at radius 1 is 1.16 bits per heavy atom. The lowest BCUT2D eigenvalue weighted by Crippen LogP contribution is -2.08. The lowest BCUT2D eigenvalue weighted by atomic mass is 10.3. The molecule has 0 unspecified atom stereocenters. The smallest absolute Gasteiger partial charge is 0.191 e. The van der Waals surface area contributed by atoms with Crippen LogP contribution in [0.3, 0.4) is 0 Å². The van der Waals surface area contributed by atoms with Crippen LogP contribution in [0.25, 0.3) is 0 Å². The van der Waals surface area contributed by atoms with Crippen LogP contribution in [0.15, 0.2) is 41.6 Å². The van der Waals surface area contributed by atoms with Gasteiger partial charge in [0.05, 0.1) is 6.61 Å². The summed E-state index contributed by atoms with van der Waals surface area (Å²) in [7, 11) is 0. The maximum atomic E-state index is 8.83. The summed E-state index contributed by atoms with van der Waals surface area (Å²) in [5.41, 5.74) is 0.973. The van der Waals surface area contributed by atoms with Crippen molar-refractivity contribution < 1.29 is 5.11 Å². The number of benzene rings is 1. The average molecular weight is 276 g/mol. The van der Waals surface area contributed by atoms with Gasteiger partial charge in [-0.1, -0.05) is 30.0 Å². The summed E-state index contributed by atoms with van der Waals surface area (Å²) in [4.78, 5) is 8.71. The van der Waals surface area contributed by atoms with E-state index < -0.39 is 0 Å². The zero-order valence-corrected chi connectivity index (χ0v) is 11.4. The Kier molecular flexibility index (Phi) is 5.00. The number of aliphatic hydroxyl groups excluding tert-OH is 1. The molecule has 0 fully saturated rings. The highest BCUT2D eigenvalue weighted by Crippen LogP contribution is 2.20. The van der Waals surface area contributed by atoms with Gasteiger partial charge in [0.2, 0.25) is 0 Å². The van der Waals surface area contributed by atoms with Gasteiger partial charge in [0.1, 0.15) is 11.6 Å². The summed E-state index contributed by atoms with van der Waals surface area (Å²) in [5, 5.41) is 15.8.